The van der Waals surface area contributed by atoms with Gasteiger partial charge in [-0.05, 0) is 24.6 Å². The van der Waals surface area contributed by atoms with Gasteiger partial charge in [0.2, 0.25) is 0 Å². The molecule has 0 aliphatic heterocycles. The summed E-state index contributed by atoms with van der Waals surface area (Å²) in [5.41, 5.74) is 7.67. The van der Waals surface area contributed by atoms with Crippen LogP contribution in [0.15, 0.2) is 30.6 Å². The molecule has 0 bridgehead atoms. The van der Waals surface area contributed by atoms with Crippen LogP contribution in [0.2, 0.25) is 0 Å². The van der Waals surface area contributed by atoms with E-state index in [-0.39, 0.29) is 0 Å². The lowest BCUT2D eigenvalue weighted by atomic mass is 10.1. The van der Waals surface area contributed by atoms with E-state index in [0.717, 1.165) is 30.0 Å². The van der Waals surface area contributed by atoms with Gasteiger partial charge in [0.25, 0.3) is 0 Å². The van der Waals surface area contributed by atoms with Crippen LogP contribution in [-0.4, -0.2) is 14.8 Å². The molecule has 1 aromatic heterocycles. The Kier molecular flexibility index (Phi) is 2.67. The largest absolute Gasteiger partial charge is 0.399 e. The van der Waals surface area contributed by atoms with E-state index in [1.54, 1.807) is 6.33 Å². The van der Waals surface area contributed by atoms with Gasteiger partial charge >= 0.3 is 0 Å². The number of anilines is 1. The SMILES string of the molecule is CCn1ncnc1Cc1cccc(N)c1. The van der Waals surface area contributed by atoms with E-state index in [1.807, 2.05) is 28.9 Å². The van der Waals surface area contributed by atoms with Gasteiger partial charge in [-0.1, -0.05) is 12.1 Å². The monoisotopic (exact) mass is 202 g/mol. The molecule has 1 aromatic carbocycles. The third-order valence-corrected chi connectivity index (χ3v) is 2.31. The van der Waals surface area contributed by atoms with Crippen LogP contribution in [0.5, 0.6) is 0 Å². The van der Waals surface area contributed by atoms with Crippen molar-refractivity contribution in [1.29, 1.82) is 0 Å². The van der Waals surface area contributed by atoms with Gasteiger partial charge in [-0.3, -0.25) is 4.68 Å². The first kappa shape index (κ1) is 9.71. The van der Waals surface area contributed by atoms with E-state index in [1.165, 1.54) is 0 Å². The molecule has 0 saturated carbocycles. The standard InChI is InChI=1S/C11H14N4/c1-2-15-11(13-8-14-15)7-9-4-3-5-10(12)6-9/h3-6,8H,2,7,12H2,1H3. The Labute approximate surface area is 88.8 Å². The van der Waals surface area contributed by atoms with Crippen LogP contribution in [0.25, 0.3) is 0 Å². The van der Waals surface area contributed by atoms with Gasteiger partial charge in [-0.25, -0.2) is 4.98 Å². The molecule has 0 atom stereocenters. The summed E-state index contributed by atoms with van der Waals surface area (Å²) in [6.07, 6.45) is 2.37. The van der Waals surface area contributed by atoms with Crippen LogP contribution in [0.4, 0.5) is 5.69 Å². The predicted octanol–water partition coefficient (Wildman–Crippen LogP) is 1.47. The average Bonchev–Trinajstić information content (AvgIpc) is 2.65. The van der Waals surface area contributed by atoms with Gasteiger partial charge < -0.3 is 5.73 Å². The number of aryl methyl sites for hydroxylation is 1. The second kappa shape index (κ2) is 4.13. The zero-order chi connectivity index (χ0) is 10.7. The summed E-state index contributed by atoms with van der Waals surface area (Å²) in [7, 11) is 0. The second-order valence-electron chi connectivity index (χ2n) is 3.41. The smallest absolute Gasteiger partial charge is 0.138 e. The molecule has 0 unspecified atom stereocenters. The van der Waals surface area contributed by atoms with Gasteiger partial charge in [0, 0.05) is 18.7 Å². The number of nitrogen functional groups attached to an aromatic ring is 1. The molecular weight excluding hydrogens is 188 g/mol. The molecule has 2 aromatic rings. The first-order chi connectivity index (χ1) is 7.29. The number of benzene rings is 1. The van der Waals surface area contributed by atoms with Crippen molar-refractivity contribution in [3.05, 3.63) is 42.0 Å². The van der Waals surface area contributed by atoms with Gasteiger partial charge in [-0.2, -0.15) is 5.10 Å². The Morgan fingerprint density at radius 3 is 3.00 bits per heavy atom. The molecule has 0 aliphatic rings. The van der Waals surface area contributed by atoms with E-state index in [2.05, 4.69) is 17.0 Å². The lowest BCUT2D eigenvalue weighted by Crippen LogP contribution is -2.04. The number of nitrogens with zero attached hydrogens (tertiary/aromatic N) is 3. The maximum Gasteiger partial charge on any atom is 0.138 e. The van der Waals surface area contributed by atoms with Crippen LogP contribution in [0.3, 0.4) is 0 Å². The van der Waals surface area contributed by atoms with E-state index in [4.69, 9.17) is 5.73 Å². The Morgan fingerprint density at radius 2 is 2.27 bits per heavy atom. The van der Waals surface area contributed by atoms with Gasteiger partial charge in [-0.15, -0.1) is 0 Å². The molecule has 0 spiro atoms. The Bertz CT molecular complexity index is 447. The van der Waals surface area contributed by atoms with E-state index < -0.39 is 0 Å². The van der Waals surface area contributed by atoms with Crippen LogP contribution in [-0.2, 0) is 13.0 Å². The number of rotatable bonds is 3. The quantitative estimate of drug-likeness (QED) is 0.767. The molecule has 2 rings (SSSR count). The zero-order valence-electron chi connectivity index (χ0n) is 8.72. The molecule has 0 saturated heterocycles. The Morgan fingerprint density at radius 1 is 1.40 bits per heavy atom. The first-order valence-electron chi connectivity index (χ1n) is 5.00. The fourth-order valence-corrected chi connectivity index (χ4v) is 1.57. The Balaban J connectivity index is 2.22. The summed E-state index contributed by atoms with van der Waals surface area (Å²) < 4.78 is 1.89. The minimum absolute atomic E-state index is 0.777. The fourth-order valence-electron chi connectivity index (χ4n) is 1.57. The van der Waals surface area contributed by atoms with Crippen molar-refractivity contribution in [3.63, 3.8) is 0 Å². The lowest BCUT2D eigenvalue weighted by molar-refractivity contribution is 0.624. The molecule has 15 heavy (non-hydrogen) atoms. The summed E-state index contributed by atoms with van der Waals surface area (Å²) >= 11 is 0. The highest BCUT2D eigenvalue weighted by Gasteiger charge is 2.03. The lowest BCUT2D eigenvalue weighted by Gasteiger charge is -2.03. The van der Waals surface area contributed by atoms with Gasteiger partial charge in [0.1, 0.15) is 12.2 Å². The van der Waals surface area contributed by atoms with Crippen LogP contribution in [0.1, 0.15) is 18.3 Å². The highest BCUT2D eigenvalue weighted by molar-refractivity contribution is 5.41. The third kappa shape index (κ3) is 2.15. The molecule has 0 amide bonds. The van der Waals surface area contributed by atoms with Crippen molar-refractivity contribution in [3.8, 4) is 0 Å². The maximum atomic E-state index is 5.72. The number of hydrogen-bond acceptors (Lipinski definition) is 3. The summed E-state index contributed by atoms with van der Waals surface area (Å²) in [6, 6.07) is 7.85. The number of hydrogen-bond donors (Lipinski definition) is 1. The van der Waals surface area contributed by atoms with Crippen molar-refractivity contribution in [1.82, 2.24) is 14.8 Å². The van der Waals surface area contributed by atoms with Gasteiger partial charge in [0.15, 0.2) is 0 Å². The molecule has 1 heterocycles. The summed E-state index contributed by atoms with van der Waals surface area (Å²) in [4.78, 5) is 4.22. The van der Waals surface area contributed by atoms with Crippen molar-refractivity contribution in [2.24, 2.45) is 0 Å². The Hall–Kier alpha value is -1.84. The average molecular weight is 202 g/mol. The minimum atomic E-state index is 0.777. The van der Waals surface area contributed by atoms with E-state index in [9.17, 15) is 0 Å². The van der Waals surface area contributed by atoms with Crippen molar-refractivity contribution < 1.29 is 0 Å². The molecule has 0 aliphatic carbocycles. The third-order valence-electron chi connectivity index (χ3n) is 2.31. The van der Waals surface area contributed by atoms with Crippen molar-refractivity contribution in [2.75, 3.05) is 5.73 Å². The second-order valence-corrected chi connectivity index (χ2v) is 3.41. The summed E-state index contributed by atoms with van der Waals surface area (Å²) in [5, 5.41) is 4.13. The minimum Gasteiger partial charge on any atom is -0.399 e. The fraction of sp³-hybridized carbons (Fsp3) is 0.273. The molecule has 4 heteroatoms. The van der Waals surface area contributed by atoms with Crippen LogP contribution in [0, 0.1) is 0 Å². The van der Waals surface area contributed by atoms with Crippen molar-refractivity contribution >= 4 is 5.69 Å². The summed E-state index contributed by atoms with van der Waals surface area (Å²) in [5.74, 6) is 0.975. The van der Waals surface area contributed by atoms with Crippen LogP contribution >= 0.6 is 0 Å². The van der Waals surface area contributed by atoms with Gasteiger partial charge in [0.05, 0.1) is 0 Å². The maximum absolute atomic E-state index is 5.72. The highest BCUT2D eigenvalue weighted by Crippen LogP contribution is 2.10. The van der Waals surface area contributed by atoms with Crippen LogP contribution < -0.4 is 5.73 Å². The molecule has 4 nitrogen and oxygen atoms in total. The van der Waals surface area contributed by atoms with E-state index in [0.29, 0.717) is 0 Å². The predicted molar refractivity (Wildman–Crippen MR) is 59.4 cm³/mol. The topological polar surface area (TPSA) is 56.7 Å². The molecule has 0 fully saturated rings. The molecular formula is C11H14N4. The normalized spacial score (nSPS) is 10.5. The highest BCUT2D eigenvalue weighted by atomic mass is 15.3. The van der Waals surface area contributed by atoms with E-state index >= 15 is 0 Å². The number of nitrogens with two attached hydrogens (primary N) is 1. The molecule has 0 radical (unpaired) electrons. The summed E-state index contributed by atoms with van der Waals surface area (Å²) in [6.45, 7) is 2.90. The zero-order valence-corrected chi connectivity index (χ0v) is 8.72. The number of aromatic nitrogens is 3. The molecule has 2 N–H and O–H groups in total. The first-order valence-corrected chi connectivity index (χ1v) is 5.00. The molecule has 78 valence electrons. The van der Waals surface area contributed by atoms with Crippen molar-refractivity contribution in [2.45, 2.75) is 19.9 Å².